The minimum atomic E-state index is 1.21. The molecule has 0 bridgehead atoms. The van der Waals surface area contributed by atoms with Crippen LogP contribution in [0, 0.1) is 6.92 Å². The highest BCUT2D eigenvalue weighted by atomic mass is 14.9. The van der Waals surface area contributed by atoms with Gasteiger partial charge in [0, 0.05) is 18.2 Å². The zero-order chi connectivity index (χ0) is 10.5. The van der Waals surface area contributed by atoms with E-state index in [0.29, 0.717) is 0 Å². The van der Waals surface area contributed by atoms with Crippen molar-refractivity contribution in [2.24, 2.45) is 0 Å². The van der Waals surface area contributed by atoms with Crippen molar-refractivity contribution in [2.45, 2.75) is 6.92 Å². The molecule has 0 N–H and O–H groups in total. The van der Waals surface area contributed by atoms with Crippen molar-refractivity contribution in [3.63, 3.8) is 0 Å². The summed E-state index contributed by atoms with van der Waals surface area (Å²) in [4.78, 5) is 0. The Morgan fingerprint density at radius 1 is 0.933 bits per heavy atom. The van der Waals surface area contributed by atoms with Crippen LogP contribution in [0.15, 0.2) is 54.9 Å². The molecule has 1 heteroatoms. The molecule has 0 atom stereocenters. The van der Waals surface area contributed by atoms with E-state index in [-0.39, 0.29) is 0 Å². The summed E-state index contributed by atoms with van der Waals surface area (Å²) in [5, 5.41) is 0. The summed E-state index contributed by atoms with van der Waals surface area (Å²) >= 11 is 0. The van der Waals surface area contributed by atoms with Crippen LogP contribution >= 0.6 is 0 Å². The second-order valence-corrected chi connectivity index (χ2v) is 3.55. The molecule has 2 rings (SSSR count). The van der Waals surface area contributed by atoms with Gasteiger partial charge in [0.2, 0.25) is 0 Å². The van der Waals surface area contributed by atoms with Crippen LogP contribution in [0.2, 0.25) is 0 Å². The van der Waals surface area contributed by atoms with Gasteiger partial charge in [-0.2, -0.15) is 4.57 Å². The molecule has 1 nitrogen and oxygen atoms in total. The lowest BCUT2D eigenvalue weighted by molar-refractivity contribution is -0.567. The first-order valence-corrected chi connectivity index (χ1v) is 5.05. The lowest BCUT2D eigenvalue weighted by Crippen LogP contribution is -2.23. The van der Waals surface area contributed by atoms with Crippen molar-refractivity contribution >= 4 is 12.3 Å². The number of aromatic nitrogens is 1. The van der Waals surface area contributed by atoms with Gasteiger partial charge < -0.3 is 0 Å². The monoisotopic (exact) mass is 196 g/mol. The topological polar surface area (TPSA) is 3.88 Å². The second kappa shape index (κ2) is 4.56. The van der Waals surface area contributed by atoms with Gasteiger partial charge in [-0.05, 0) is 18.1 Å². The van der Waals surface area contributed by atoms with Gasteiger partial charge in [0.05, 0.1) is 0 Å². The summed E-state index contributed by atoms with van der Waals surface area (Å²) in [5.41, 5.74) is 2.49. The predicted molar refractivity (Wildman–Crippen MR) is 63.0 cm³/mol. The lowest BCUT2D eigenvalue weighted by atomic mass is 10.2. The average Bonchev–Trinajstić information content (AvgIpc) is 2.30. The van der Waals surface area contributed by atoms with Gasteiger partial charge in [-0.1, -0.05) is 30.3 Å². The van der Waals surface area contributed by atoms with Crippen LogP contribution in [0.1, 0.15) is 11.1 Å². The maximum absolute atomic E-state index is 2.09. The number of aryl methyl sites for hydroxylation is 1. The molecule has 1 aromatic carbocycles. The molecule has 0 fully saturated rings. The Balaban J connectivity index is 2.15. The number of pyridine rings is 1. The zero-order valence-electron chi connectivity index (χ0n) is 8.80. The molecule has 0 unspecified atom stereocenters. The van der Waals surface area contributed by atoms with Gasteiger partial charge in [0.25, 0.3) is 0 Å². The van der Waals surface area contributed by atoms with Crippen LogP contribution in [0.5, 0.6) is 0 Å². The summed E-state index contributed by atoms with van der Waals surface area (Å²) < 4.78 is 2.04. The molecule has 0 radical (unpaired) electrons. The lowest BCUT2D eigenvalue weighted by Gasteiger charge is -1.90. The Morgan fingerprint density at radius 2 is 1.60 bits per heavy atom. The molecule has 0 aliphatic carbocycles. The van der Waals surface area contributed by atoms with Crippen molar-refractivity contribution in [3.8, 4) is 0 Å². The number of hydrogen-bond acceptors (Lipinski definition) is 0. The minimum Gasteiger partial charge on any atom is -0.174 e. The Morgan fingerprint density at radius 3 is 2.27 bits per heavy atom. The van der Waals surface area contributed by atoms with Gasteiger partial charge in [0.15, 0.2) is 18.6 Å². The summed E-state index contributed by atoms with van der Waals surface area (Å²) in [7, 11) is 0. The molecular formula is C14H14N+. The van der Waals surface area contributed by atoms with Crippen LogP contribution in [0.4, 0.5) is 0 Å². The van der Waals surface area contributed by atoms with Gasteiger partial charge >= 0.3 is 0 Å². The normalized spacial score (nSPS) is 10.7. The maximum atomic E-state index is 2.09. The molecule has 0 aliphatic heterocycles. The highest BCUT2D eigenvalue weighted by Gasteiger charge is 1.92. The standard InChI is InChI=1S/C14H14N/c1-13-7-10-15(11-8-13)12-9-14-5-3-2-4-6-14/h2-12H,1H3/q+1/b12-9+. The van der Waals surface area contributed by atoms with Crippen molar-refractivity contribution in [1.29, 1.82) is 0 Å². The van der Waals surface area contributed by atoms with E-state index in [1.54, 1.807) is 0 Å². The maximum Gasteiger partial charge on any atom is 0.175 e. The Kier molecular flexibility index (Phi) is 2.93. The Labute approximate surface area is 90.3 Å². The Hall–Kier alpha value is -1.89. The van der Waals surface area contributed by atoms with Crippen molar-refractivity contribution in [3.05, 3.63) is 66.0 Å². The molecule has 0 amide bonds. The largest absolute Gasteiger partial charge is 0.175 e. The van der Waals surface area contributed by atoms with Crippen LogP contribution < -0.4 is 4.57 Å². The number of benzene rings is 1. The molecular weight excluding hydrogens is 182 g/mol. The van der Waals surface area contributed by atoms with E-state index < -0.39 is 0 Å². The van der Waals surface area contributed by atoms with Crippen LogP contribution in [0.3, 0.4) is 0 Å². The summed E-state index contributed by atoms with van der Waals surface area (Å²) in [6, 6.07) is 14.5. The van der Waals surface area contributed by atoms with Gasteiger partial charge in [-0.25, -0.2) is 0 Å². The van der Waals surface area contributed by atoms with Crippen molar-refractivity contribution < 1.29 is 4.57 Å². The summed E-state index contributed by atoms with van der Waals surface area (Å²) in [5.74, 6) is 0. The Bertz CT molecular complexity index is 441. The quantitative estimate of drug-likeness (QED) is 0.650. The molecule has 2 aromatic rings. The molecule has 15 heavy (non-hydrogen) atoms. The zero-order valence-corrected chi connectivity index (χ0v) is 8.80. The minimum absolute atomic E-state index is 1.21. The summed E-state index contributed by atoms with van der Waals surface area (Å²) in [6.45, 7) is 2.09. The number of rotatable bonds is 2. The highest BCUT2D eigenvalue weighted by molar-refractivity contribution is 5.56. The molecule has 1 aromatic heterocycles. The second-order valence-electron chi connectivity index (χ2n) is 3.55. The van der Waals surface area contributed by atoms with Crippen LogP contribution in [-0.4, -0.2) is 0 Å². The van der Waals surface area contributed by atoms with E-state index in [2.05, 4.69) is 55.9 Å². The van der Waals surface area contributed by atoms with E-state index in [9.17, 15) is 0 Å². The molecule has 0 saturated carbocycles. The third kappa shape index (κ3) is 2.78. The van der Waals surface area contributed by atoms with E-state index in [1.807, 2.05) is 22.8 Å². The highest BCUT2D eigenvalue weighted by Crippen LogP contribution is 2.00. The molecule has 0 saturated heterocycles. The third-order valence-corrected chi connectivity index (χ3v) is 2.26. The van der Waals surface area contributed by atoms with E-state index in [4.69, 9.17) is 0 Å². The smallest absolute Gasteiger partial charge is 0.174 e. The predicted octanol–water partition coefficient (Wildman–Crippen LogP) is 2.91. The third-order valence-electron chi connectivity index (χ3n) is 2.26. The van der Waals surface area contributed by atoms with Crippen molar-refractivity contribution in [1.82, 2.24) is 0 Å². The molecule has 74 valence electrons. The van der Waals surface area contributed by atoms with Gasteiger partial charge in [0.1, 0.15) is 0 Å². The first-order chi connectivity index (χ1) is 7.34. The van der Waals surface area contributed by atoms with Crippen molar-refractivity contribution in [2.75, 3.05) is 0 Å². The number of nitrogens with zero attached hydrogens (tertiary/aromatic N) is 1. The fraction of sp³-hybridized carbons (Fsp3) is 0.0714. The fourth-order valence-corrected chi connectivity index (χ4v) is 1.35. The van der Waals surface area contributed by atoms with E-state index >= 15 is 0 Å². The van der Waals surface area contributed by atoms with Gasteiger partial charge in [-0.15, -0.1) is 0 Å². The average molecular weight is 196 g/mol. The van der Waals surface area contributed by atoms with E-state index in [1.165, 1.54) is 11.1 Å². The molecule has 0 aliphatic rings. The molecule has 0 spiro atoms. The fourth-order valence-electron chi connectivity index (χ4n) is 1.35. The number of hydrogen-bond donors (Lipinski definition) is 0. The van der Waals surface area contributed by atoms with Crippen LogP contribution in [0.25, 0.3) is 12.3 Å². The van der Waals surface area contributed by atoms with E-state index in [0.717, 1.165) is 0 Å². The first-order valence-electron chi connectivity index (χ1n) is 5.05. The SMILES string of the molecule is Cc1cc[n+](/C=C/c2ccccc2)cc1. The molecule has 1 heterocycles. The summed E-state index contributed by atoms with van der Waals surface area (Å²) in [6.07, 6.45) is 8.24. The van der Waals surface area contributed by atoms with Gasteiger partial charge in [-0.3, -0.25) is 0 Å². The first kappa shape index (κ1) is 9.66. The van der Waals surface area contributed by atoms with Crippen LogP contribution in [-0.2, 0) is 0 Å².